The van der Waals surface area contributed by atoms with Crippen LogP contribution >= 0.6 is 0 Å². The van der Waals surface area contributed by atoms with Gasteiger partial charge in [0.05, 0.1) is 0 Å². The first-order valence-corrected chi connectivity index (χ1v) is 15.9. The van der Waals surface area contributed by atoms with E-state index in [2.05, 4.69) is 129 Å². The van der Waals surface area contributed by atoms with Gasteiger partial charge in [0, 0.05) is 63.7 Å². The van der Waals surface area contributed by atoms with Gasteiger partial charge in [0.2, 0.25) is 6.71 Å². The standard InChI is InChI=1S/C30H29BN3.C11H8N.Ir/c1-30(2,3)19-20-16-17-32-24(18-20)21-10-8-12-23-29(21)34(5)27-15-9-14-26-28(27)31(23)22-11-6-7-13-25(22)33(26)4;1-2-6-10(7-3-1)11-8-4-5-9-12-11;/h6-9,11-18H,19H2,1-5H3;1-6,8-9H;/q2*-1;. The molecule has 47 heavy (non-hydrogen) atoms. The summed E-state index contributed by atoms with van der Waals surface area (Å²) < 4.78 is 0. The van der Waals surface area contributed by atoms with Crippen molar-refractivity contribution in [3.8, 4) is 22.5 Å². The minimum Gasteiger partial charge on any atom is -0.385 e. The molecular formula is C41H37BIrN4-2. The SMILES string of the molecule is CN1c2ccccc2B2c3cc[c-]c(-c4cc(CC(C)(C)C)ccn4)c3N(C)c3cccc1c32.[Ir].[c-]1ccccc1-c1ccccn1. The number of hydrogen-bond acceptors (Lipinski definition) is 4. The first-order valence-electron chi connectivity index (χ1n) is 15.9. The fourth-order valence-corrected chi connectivity index (χ4v) is 6.89. The van der Waals surface area contributed by atoms with E-state index in [4.69, 9.17) is 4.98 Å². The Morgan fingerprint density at radius 1 is 0.660 bits per heavy atom. The number of fused-ring (bicyclic) bond motifs is 4. The third-order valence-corrected chi connectivity index (χ3v) is 8.79. The van der Waals surface area contributed by atoms with Crippen molar-refractivity contribution in [2.75, 3.05) is 23.9 Å². The van der Waals surface area contributed by atoms with Crippen LogP contribution in [0.15, 0.2) is 122 Å². The monoisotopic (exact) mass is 789 g/mol. The second-order valence-corrected chi connectivity index (χ2v) is 13.3. The van der Waals surface area contributed by atoms with Crippen LogP contribution in [0.1, 0.15) is 26.3 Å². The summed E-state index contributed by atoms with van der Waals surface area (Å²) in [5.74, 6) is 0. The summed E-state index contributed by atoms with van der Waals surface area (Å²) in [7, 11) is 4.36. The minimum atomic E-state index is 0. The topological polar surface area (TPSA) is 32.3 Å². The summed E-state index contributed by atoms with van der Waals surface area (Å²) in [5.41, 5.74) is 14.7. The van der Waals surface area contributed by atoms with Gasteiger partial charge in [-0.3, -0.25) is 0 Å². The molecule has 0 fully saturated rings. The Labute approximate surface area is 293 Å². The summed E-state index contributed by atoms with van der Waals surface area (Å²) in [6.45, 7) is 7.03. The Hall–Kier alpha value is -4.51. The molecule has 0 amide bonds. The van der Waals surface area contributed by atoms with Crippen LogP contribution in [0.4, 0.5) is 22.7 Å². The van der Waals surface area contributed by atoms with E-state index >= 15 is 0 Å². The van der Waals surface area contributed by atoms with Gasteiger partial charge in [0.1, 0.15) is 0 Å². The molecule has 0 spiro atoms. The van der Waals surface area contributed by atoms with Crippen LogP contribution in [0, 0.1) is 17.5 Å². The second-order valence-electron chi connectivity index (χ2n) is 13.3. The molecule has 0 unspecified atom stereocenters. The van der Waals surface area contributed by atoms with Crippen LogP contribution in [0.5, 0.6) is 0 Å². The van der Waals surface area contributed by atoms with Crippen molar-refractivity contribution in [2.24, 2.45) is 5.41 Å². The van der Waals surface area contributed by atoms with Gasteiger partial charge in [0.15, 0.2) is 0 Å². The van der Waals surface area contributed by atoms with Crippen molar-refractivity contribution in [1.29, 1.82) is 0 Å². The number of hydrogen-bond donors (Lipinski definition) is 0. The first kappa shape index (κ1) is 32.4. The third kappa shape index (κ3) is 6.28. The molecule has 2 aliphatic rings. The quantitative estimate of drug-likeness (QED) is 0.139. The summed E-state index contributed by atoms with van der Waals surface area (Å²) >= 11 is 0. The smallest absolute Gasteiger partial charge is 0.233 e. The van der Waals surface area contributed by atoms with E-state index in [0.717, 1.165) is 28.9 Å². The summed E-state index contributed by atoms with van der Waals surface area (Å²) in [5, 5.41) is 0. The van der Waals surface area contributed by atoms with Gasteiger partial charge in [-0.25, -0.2) is 0 Å². The molecule has 2 aliphatic heterocycles. The molecule has 0 aliphatic carbocycles. The van der Waals surface area contributed by atoms with Crippen LogP contribution in [-0.2, 0) is 26.5 Å². The maximum atomic E-state index is 4.81. The molecule has 4 nitrogen and oxygen atoms in total. The molecule has 4 aromatic carbocycles. The molecule has 8 rings (SSSR count). The number of nitrogens with zero attached hydrogens (tertiary/aromatic N) is 4. The van der Waals surface area contributed by atoms with E-state index in [1.165, 1.54) is 44.7 Å². The predicted molar refractivity (Wildman–Crippen MR) is 194 cm³/mol. The van der Waals surface area contributed by atoms with Gasteiger partial charge in [-0.05, 0) is 70.2 Å². The van der Waals surface area contributed by atoms with Gasteiger partial charge in [-0.2, -0.15) is 0 Å². The van der Waals surface area contributed by atoms with Crippen LogP contribution in [-0.4, -0.2) is 30.8 Å². The summed E-state index contributed by atoms with van der Waals surface area (Å²) in [6, 6.07) is 44.6. The molecule has 6 heteroatoms. The minimum absolute atomic E-state index is 0. The van der Waals surface area contributed by atoms with Gasteiger partial charge >= 0.3 is 0 Å². The molecule has 0 bridgehead atoms. The normalized spacial score (nSPS) is 12.6. The molecule has 2 aromatic heterocycles. The number of pyridine rings is 2. The molecule has 235 valence electrons. The van der Waals surface area contributed by atoms with E-state index in [9.17, 15) is 0 Å². The molecule has 0 saturated carbocycles. The summed E-state index contributed by atoms with van der Waals surface area (Å²) in [6.07, 6.45) is 4.75. The van der Waals surface area contributed by atoms with Gasteiger partial charge in [-0.15, -0.1) is 65.1 Å². The number of aromatic nitrogens is 2. The largest absolute Gasteiger partial charge is 0.385 e. The van der Waals surface area contributed by atoms with Crippen molar-refractivity contribution in [3.05, 3.63) is 139 Å². The Morgan fingerprint density at radius 2 is 1.38 bits per heavy atom. The van der Waals surface area contributed by atoms with E-state index in [0.29, 0.717) is 0 Å². The third-order valence-electron chi connectivity index (χ3n) is 8.79. The van der Waals surface area contributed by atoms with Crippen molar-refractivity contribution >= 4 is 45.9 Å². The van der Waals surface area contributed by atoms with Crippen molar-refractivity contribution < 1.29 is 20.1 Å². The van der Waals surface area contributed by atoms with Crippen molar-refractivity contribution in [2.45, 2.75) is 27.2 Å². The molecule has 6 aromatic rings. The fraction of sp³-hybridized carbons (Fsp3) is 0.171. The molecule has 4 heterocycles. The molecular weight excluding hydrogens is 752 g/mol. The number of anilines is 4. The fourth-order valence-electron chi connectivity index (χ4n) is 6.89. The zero-order valence-corrected chi connectivity index (χ0v) is 29.8. The second kappa shape index (κ2) is 13.3. The van der Waals surface area contributed by atoms with Gasteiger partial charge < -0.3 is 19.8 Å². The van der Waals surface area contributed by atoms with Crippen LogP contribution in [0.2, 0.25) is 0 Å². The van der Waals surface area contributed by atoms with E-state index < -0.39 is 0 Å². The zero-order chi connectivity index (χ0) is 31.8. The average Bonchev–Trinajstić information content (AvgIpc) is 3.08. The predicted octanol–water partition coefficient (Wildman–Crippen LogP) is 7.36. The Morgan fingerprint density at radius 3 is 2.13 bits per heavy atom. The first-order chi connectivity index (χ1) is 22.3. The van der Waals surface area contributed by atoms with E-state index in [1.807, 2.05) is 48.7 Å². The molecule has 0 atom stereocenters. The van der Waals surface area contributed by atoms with E-state index in [1.54, 1.807) is 6.20 Å². The van der Waals surface area contributed by atoms with E-state index in [-0.39, 0.29) is 32.2 Å². The molecule has 0 saturated heterocycles. The van der Waals surface area contributed by atoms with Crippen LogP contribution in [0.3, 0.4) is 0 Å². The number of rotatable bonds is 3. The van der Waals surface area contributed by atoms with Crippen LogP contribution in [0.25, 0.3) is 22.5 Å². The van der Waals surface area contributed by atoms with Gasteiger partial charge in [0.25, 0.3) is 0 Å². The maximum absolute atomic E-state index is 4.81. The molecule has 1 radical (unpaired) electrons. The Kier molecular flexibility index (Phi) is 9.19. The zero-order valence-electron chi connectivity index (χ0n) is 27.5. The number of benzene rings is 4. The summed E-state index contributed by atoms with van der Waals surface area (Å²) in [4.78, 5) is 13.7. The van der Waals surface area contributed by atoms with Crippen molar-refractivity contribution in [1.82, 2.24) is 9.97 Å². The average molecular weight is 789 g/mol. The van der Waals surface area contributed by atoms with Crippen molar-refractivity contribution in [3.63, 3.8) is 0 Å². The number of para-hydroxylation sites is 1. The Balaban J connectivity index is 0.000000250. The maximum Gasteiger partial charge on any atom is 0.233 e. The van der Waals surface area contributed by atoms with Crippen LogP contribution < -0.4 is 26.2 Å². The molecule has 0 N–H and O–H groups in total. The van der Waals surface area contributed by atoms with Gasteiger partial charge in [-0.1, -0.05) is 68.8 Å². The Bertz CT molecular complexity index is 1970.